The van der Waals surface area contributed by atoms with Gasteiger partial charge in [0, 0.05) is 24.3 Å². The van der Waals surface area contributed by atoms with Crippen molar-refractivity contribution in [3.8, 4) is 0 Å². The van der Waals surface area contributed by atoms with E-state index in [2.05, 4.69) is 5.32 Å². The number of nitrogens with zero attached hydrogens (tertiary/aromatic N) is 1. The standard InChI is InChI=1S/C22H26N2O4/c1-5-24(6-2)21(26)17-8-7-9-19(13-17)23-20(25)14-28-22(27)18-11-10-15(3)16(4)12-18/h7-13H,5-6,14H2,1-4H3,(H,23,25). The number of esters is 1. The van der Waals surface area contributed by atoms with Gasteiger partial charge < -0.3 is 15.0 Å². The van der Waals surface area contributed by atoms with Crippen LogP contribution in [0.3, 0.4) is 0 Å². The molecule has 0 unspecified atom stereocenters. The molecule has 148 valence electrons. The Kier molecular flexibility index (Phi) is 7.32. The predicted octanol–water partition coefficient (Wildman–Crippen LogP) is 3.58. The van der Waals surface area contributed by atoms with Gasteiger partial charge in [-0.2, -0.15) is 0 Å². The summed E-state index contributed by atoms with van der Waals surface area (Å²) in [6.45, 7) is 8.51. The predicted molar refractivity (Wildman–Crippen MR) is 109 cm³/mol. The number of nitrogens with one attached hydrogen (secondary N) is 1. The van der Waals surface area contributed by atoms with Crippen molar-refractivity contribution in [3.05, 3.63) is 64.7 Å². The highest BCUT2D eigenvalue weighted by molar-refractivity contribution is 5.98. The first kappa shape index (κ1) is 21.2. The van der Waals surface area contributed by atoms with Crippen molar-refractivity contribution < 1.29 is 19.1 Å². The first-order valence-electron chi connectivity index (χ1n) is 9.29. The zero-order valence-electron chi connectivity index (χ0n) is 16.7. The SMILES string of the molecule is CCN(CC)C(=O)c1cccc(NC(=O)COC(=O)c2ccc(C)c(C)c2)c1. The highest BCUT2D eigenvalue weighted by atomic mass is 16.5. The van der Waals surface area contributed by atoms with Gasteiger partial charge >= 0.3 is 5.97 Å². The van der Waals surface area contributed by atoms with Crippen LogP contribution in [0.25, 0.3) is 0 Å². The monoisotopic (exact) mass is 382 g/mol. The summed E-state index contributed by atoms with van der Waals surface area (Å²) >= 11 is 0. The van der Waals surface area contributed by atoms with E-state index in [0.29, 0.717) is 29.9 Å². The van der Waals surface area contributed by atoms with Gasteiger partial charge in [-0.3, -0.25) is 9.59 Å². The van der Waals surface area contributed by atoms with E-state index in [0.717, 1.165) is 11.1 Å². The van der Waals surface area contributed by atoms with Crippen LogP contribution in [0.15, 0.2) is 42.5 Å². The summed E-state index contributed by atoms with van der Waals surface area (Å²) in [7, 11) is 0. The van der Waals surface area contributed by atoms with Crippen LogP contribution in [0.5, 0.6) is 0 Å². The second-order valence-corrected chi connectivity index (χ2v) is 6.48. The summed E-state index contributed by atoms with van der Waals surface area (Å²) in [6.07, 6.45) is 0. The van der Waals surface area contributed by atoms with Gasteiger partial charge in [0.05, 0.1) is 5.56 Å². The van der Waals surface area contributed by atoms with Crippen molar-refractivity contribution in [2.75, 3.05) is 25.0 Å². The third kappa shape index (κ3) is 5.42. The number of carbonyl (C=O) groups is 3. The molecular weight excluding hydrogens is 356 g/mol. The van der Waals surface area contributed by atoms with Crippen LogP contribution >= 0.6 is 0 Å². The molecule has 0 radical (unpaired) electrons. The van der Waals surface area contributed by atoms with Crippen LogP contribution in [0.1, 0.15) is 45.7 Å². The van der Waals surface area contributed by atoms with Crippen LogP contribution < -0.4 is 5.32 Å². The topological polar surface area (TPSA) is 75.7 Å². The second-order valence-electron chi connectivity index (χ2n) is 6.48. The van der Waals surface area contributed by atoms with Gasteiger partial charge in [0.2, 0.25) is 0 Å². The highest BCUT2D eigenvalue weighted by Crippen LogP contribution is 2.14. The molecule has 0 saturated heterocycles. The molecule has 2 aromatic carbocycles. The molecule has 0 atom stereocenters. The number of amides is 2. The van der Waals surface area contributed by atoms with E-state index in [1.165, 1.54) is 0 Å². The van der Waals surface area contributed by atoms with Gasteiger partial charge in [-0.25, -0.2) is 4.79 Å². The molecule has 0 aliphatic heterocycles. The lowest BCUT2D eigenvalue weighted by molar-refractivity contribution is -0.119. The first-order chi connectivity index (χ1) is 13.3. The minimum atomic E-state index is -0.552. The maximum Gasteiger partial charge on any atom is 0.338 e. The average molecular weight is 382 g/mol. The molecule has 0 aromatic heterocycles. The van der Waals surface area contributed by atoms with Crippen molar-refractivity contribution in [1.82, 2.24) is 4.90 Å². The lowest BCUT2D eigenvalue weighted by Gasteiger charge is -2.19. The minimum Gasteiger partial charge on any atom is -0.452 e. The molecule has 6 nitrogen and oxygen atoms in total. The van der Waals surface area contributed by atoms with Gasteiger partial charge in [0.1, 0.15) is 0 Å². The summed E-state index contributed by atoms with van der Waals surface area (Å²) in [4.78, 5) is 38.3. The van der Waals surface area contributed by atoms with Crippen molar-refractivity contribution >= 4 is 23.5 Å². The average Bonchev–Trinajstić information content (AvgIpc) is 2.69. The molecule has 0 fully saturated rings. The van der Waals surface area contributed by atoms with Crippen LogP contribution in [-0.2, 0) is 9.53 Å². The summed E-state index contributed by atoms with van der Waals surface area (Å²) in [5, 5.41) is 2.65. The Morgan fingerprint density at radius 3 is 2.29 bits per heavy atom. The smallest absolute Gasteiger partial charge is 0.338 e. The van der Waals surface area contributed by atoms with Crippen molar-refractivity contribution in [2.45, 2.75) is 27.7 Å². The van der Waals surface area contributed by atoms with Crippen molar-refractivity contribution in [1.29, 1.82) is 0 Å². The molecule has 0 aliphatic carbocycles. The molecule has 0 spiro atoms. The van der Waals surface area contributed by atoms with Gasteiger partial charge in [0.15, 0.2) is 6.61 Å². The van der Waals surface area contributed by atoms with Crippen molar-refractivity contribution in [3.63, 3.8) is 0 Å². The van der Waals surface area contributed by atoms with Crippen LogP contribution in [-0.4, -0.2) is 42.4 Å². The lowest BCUT2D eigenvalue weighted by Crippen LogP contribution is -2.30. The van der Waals surface area contributed by atoms with E-state index in [9.17, 15) is 14.4 Å². The second kappa shape index (κ2) is 9.69. The molecule has 0 saturated carbocycles. The van der Waals surface area contributed by atoms with E-state index in [1.54, 1.807) is 41.3 Å². The van der Waals surface area contributed by atoms with E-state index in [-0.39, 0.29) is 5.91 Å². The molecule has 2 rings (SSSR count). The zero-order valence-corrected chi connectivity index (χ0v) is 16.7. The van der Waals surface area contributed by atoms with E-state index in [4.69, 9.17) is 4.74 Å². The van der Waals surface area contributed by atoms with E-state index in [1.807, 2.05) is 33.8 Å². The zero-order chi connectivity index (χ0) is 20.7. The summed E-state index contributed by atoms with van der Waals surface area (Å²) in [5.74, 6) is -1.12. The number of carbonyl (C=O) groups excluding carboxylic acids is 3. The summed E-state index contributed by atoms with van der Waals surface area (Å²) in [5.41, 5.74) is 3.43. The Hall–Kier alpha value is -3.15. The Morgan fingerprint density at radius 1 is 0.929 bits per heavy atom. The quantitative estimate of drug-likeness (QED) is 0.743. The fourth-order valence-corrected chi connectivity index (χ4v) is 2.70. The number of hydrogen-bond donors (Lipinski definition) is 1. The summed E-state index contributed by atoms with van der Waals surface area (Å²) < 4.78 is 5.08. The molecule has 0 aliphatic rings. The first-order valence-corrected chi connectivity index (χ1v) is 9.29. The van der Waals surface area contributed by atoms with Crippen LogP contribution in [0.4, 0.5) is 5.69 Å². The third-order valence-corrected chi connectivity index (χ3v) is 4.52. The lowest BCUT2D eigenvalue weighted by atomic mass is 10.1. The molecule has 0 heterocycles. The fraction of sp³-hybridized carbons (Fsp3) is 0.318. The highest BCUT2D eigenvalue weighted by Gasteiger charge is 2.14. The largest absolute Gasteiger partial charge is 0.452 e. The normalized spacial score (nSPS) is 10.3. The molecule has 2 aromatic rings. The van der Waals surface area contributed by atoms with Crippen LogP contribution in [0, 0.1) is 13.8 Å². The van der Waals surface area contributed by atoms with Gasteiger partial charge in [-0.15, -0.1) is 0 Å². The minimum absolute atomic E-state index is 0.0951. The maximum absolute atomic E-state index is 12.4. The Balaban J connectivity index is 1.96. The molecule has 28 heavy (non-hydrogen) atoms. The fourth-order valence-electron chi connectivity index (χ4n) is 2.70. The van der Waals surface area contributed by atoms with Gasteiger partial charge in [0.25, 0.3) is 11.8 Å². The van der Waals surface area contributed by atoms with Crippen LogP contribution in [0.2, 0.25) is 0 Å². The van der Waals surface area contributed by atoms with Gasteiger partial charge in [-0.1, -0.05) is 12.1 Å². The van der Waals surface area contributed by atoms with Gasteiger partial charge in [-0.05, 0) is 69.2 Å². The number of ether oxygens (including phenoxy) is 1. The molecular formula is C22H26N2O4. The number of aryl methyl sites for hydroxylation is 2. The number of hydrogen-bond acceptors (Lipinski definition) is 4. The molecule has 6 heteroatoms. The number of anilines is 1. The van der Waals surface area contributed by atoms with E-state index >= 15 is 0 Å². The Bertz CT molecular complexity index is 873. The number of rotatable bonds is 7. The van der Waals surface area contributed by atoms with E-state index < -0.39 is 18.5 Å². The molecule has 0 bridgehead atoms. The maximum atomic E-state index is 12.4. The Labute approximate surface area is 165 Å². The molecule has 1 N–H and O–H groups in total. The Morgan fingerprint density at radius 2 is 1.64 bits per heavy atom. The molecule has 2 amide bonds. The number of benzene rings is 2. The summed E-state index contributed by atoms with van der Waals surface area (Å²) in [6, 6.07) is 11.9. The third-order valence-electron chi connectivity index (χ3n) is 4.52. The van der Waals surface area contributed by atoms with Crippen molar-refractivity contribution in [2.24, 2.45) is 0 Å².